The lowest BCUT2D eigenvalue weighted by atomic mass is 10.2. The molecule has 0 radical (unpaired) electrons. The number of aromatic hydroxyl groups is 1. The number of ether oxygens (including phenoxy) is 2. The minimum absolute atomic E-state index is 0.0200. The predicted molar refractivity (Wildman–Crippen MR) is 90.2 cm³/mol. The SMILES string of the molecule is CCCNC(=O)[C@@H](C)OC(=O)/C=C/c1cc(Br)c(O)c(OC)c1. The monoisotopic (exact) mass is 385 g/mol. The van der Waals surface area contributed by atoms with Crippen LogP contribution in [-0.4, -0.2) is 36.7 Å². The van der Waals surface area contributed by atoms with Crippen molar-refractivity contribution in [3.63, 3.8) is 0 Å². The zero-order valence-electron chi connectivity index (χ0n) is 13.3. The van der Waals surface area contributed by atoms with Crippen molar-refractivity contribution in [2.24, 2.45) is 0 Å². The van der Waals surface area contributed by atoms with Crippen LogP contribution in [0.25, 0.3) is 6.08 Å². The Hall–Kier alpha value is -2.02. The van der Waals surface area contributed by atoms with Gasteiger partial charge in [0.05, 0.1) is 11.6 Å². The molecule has 2 N–H and O–H groups in total. The van der Waals surface area contributed by atoms with Crippen LogP contribution in [0.4, 0.5) is 0 Å². The van der Waals surface area contributed by atoms with Crippen molar-refractivity contribution in [3.8, 4) is 11.5 Å². The van der Waals surface area contributed by atoms with Crippen LogP contribution in [0, 0.1) is 0 Å². The highest BCUT2D eigenvalue weighted by atomic mass is 79.9. The average Bonchev–Trinajstić information content (AvgIpc) is 2.53. The van der Waals surface area contributed by atoms with Gasteiger partial charge in [0.15, 0.2) is 17.6 Å². The van der Waals surface area contributed by atoms with E-state index >= 15 is 0 Å². The largest absolute Gasteiger partial charge is 0.503 e. The van der Waals surface area contributed by atoms with Gasteiger partial charge in [-0.3, -0.25) is 4.79 Å². The number of rotatable bonds is 7. The van der Waals surface area contributed by atoms with Gasteiger partial charge in [-0.1, -0.05) is 6.92 Å². The molecule has 0 fully saturated rings. The van der Waals surface area contributed by atoms with E-state index in [1.165, 1.54) is 26.2 Å². The van der Waals surface area contributed by atoms with Crippen molar-refractivity contribution < 1.29 is 24.2 Å². The third-order valence-corrected chi connectivity index (χ3v) is 3.50. The van der Waals surface area contributed by atoms with Crippen molar-refractivity contribution in [2.75, 3.05) is 13.7 Å². The number of phenols is 1. The van der Waals surface area contributed by atoms with Crippen molar-refractivity contribution in [3.05, 3.63) is 28.2 Å². The topological polar surface area (TPSA) is 84.9 Å². The molecule has 0 unspecified atom stereocenters. The van der Waals surface area contributed by atoms with Crippen molar-refractivity contribution in [1.29, 1.82) is 0 Å². The highest BCUT2D eigenvalue weighted by Gasteiger charge is 2.15. The highest BCUT2D eigenvalue weighted by Crippen LogP contribution is 2.35. The summed E-state index contributed by atoms with van der Waals surface area (Å²) >= 11 is 3.20. The number of amides is 1. The number of methoxy groups -OCH3 is 1. The first-order valence-corrected chi connectivity index (χ1v) is 7.91. The van der Waals surface area contributed by atoms with E-state index in [0.29, 0.717) is 16.6 Å². The number of carbonyl (C=O) groups excluding carboxylic acids is 2. The van der Waals surface area contributed by atoms with E-state index in [1.54, 1.807) is 12.1 Å². The summed E-state index contributed by atoms with van der Waals surface area (Å²) in [6, 6.07) is 3.19. The van der Waals surface area contributed by atoms with Crippen LogP contribution in [0.15, 0.2) is 22.7 Å². The smallest absolute Gasteiger partial charge is 0.331 e. The number of phenolic OH excluding ortho intramolecular Hbond substituents is 1. The molecule has 1 atom stereocenters. The van der Waals surface area contributed by atoms with Crippen molar-refractivity contribution in [2.45, 2.75) is 26.4 Å². The predicted octanol–water partition coefficient (Wildman–Crippen LogP) is 2.63. The van der Waals surface area contributed by atoms with E-state index in [-0.39, 0.29) is 17.4 Å². The van der Waals surface area contributed by atoms with Crippen molar-refractivity contribution >= 4 is 33.9 Å². The summed E-state index contributed by atoms with van der Waals surface area (Å²) in [5.41, 5.74) is 0.631. The average molecular weight is 386 g/mol. The Morgan fingerprint density at radius 2 is 2.13 bits per heavy atom. The van der Waals surface area contributed by atoms with Gasteiger partial charge >= 0.3 is 5.97 Å². The number of benzene rings is 1. The first kappa shape index (κ1) is 19.0. The maximum absolute atomic E-state index is 11.7. The molecule has 23 heavy (non-hydrogen) atoms. The van der Waals surface area contributed by atoms with Gasteiger partial charge in [-0.2, -0.15) is 0 Å². The van der Waals surface area contributed by atoms with Gasteiger partial charge < -0.3 is 19.9 Å². The van der Waals surface area contributed by atoms with Gasteiger partial charge in [0.1, 0.15) is 0 Å². The lowest BCUT2D eigenvalue weighted by Crippen LogP contribution is -2.35. The van der Waals surface area contributed by atoms with Crippen LogP contribution in [0.5, 0.6) is 11.5 Å². The normalized spacial score (nSPS) is 12.0. The first-order chi connectivity index (χ1) is 10.9. The Bertz CT molecular complexity index is 600. The van der Waals surface area contributed by atoms with Gasteiger partial charge in [0.2, 0.25) is 0 Å². The van der Waals surface area contributed by atoms with Crippen LogP contribution in [0.2, 0.25) is 0 Å². The molecule has 1 aromatic carbocycles. The molecule has 0 aromatic heterocycles. The summed E-state index contributed by atoms with van der Waals surface area (Å²) in [7, 11) is 1.43. The fourth-order valence-electron chi connectivity index (χ4n) is 1.67. The van der Waals surface area contributed by atoms with Crippen LogP contribution in [-0.2, 0) is 14.3 Å². The van der Waals surface area contributed by atoms with E-state index < -0.39 is 12.1 Å². The van der Waals surface area contributed by atoms with Gasteiger partial charge in [0, 0.05) is 12.6 Å². The summed E-state index contributed by atoms with van der Waals surface area (Å²) in [6.45, 7) is 3.98. The Morgan fingerprint density at radius 1 is 1.43 bits per heavy atom. The Kier molecular flexibility index (Phi) is 7.61. The fraction of sp³-hybridized carbons (Fsp3) is 0.375. The second-order valence-corrected chi connectivity index (χ2v) is 5.61. The van der Waals surface area contributed by atoms with Crippen LogP contribution < -0.4 is 10.1 Å². The third kappa shape index (κ3) is 5.94. The second kappa shape index (κ2) is 9.19. The number of hydrogen-bond donors (Lipinski definition) is 2. The quantitative estimate of drug-likeness (QED) is 0.556. The molecule has 0 spiro atoms. The lowest BCUT2D eigenvalue weighted by molar-refractivity contribution is -0.150. The Labute approximate surface area is 143 Å². The van der Waals surface area contributed by atoms with Crippen LogP contribution in [0.1, 0.15) is 25.8 Å². The van der Waals surface area contributed by atoms with Crippen molar-refractivity contribution in [1.82, 2.24) is 5.32 Å². The molecule has 0 heterocycles. The van der Waals surface area contributed by atoms with E-state index in [1.807, 2.05) is 6.92 Å². The standard InChI is InChI=1S/C16H20BrNO5/c1-4-7-18-16(21)10(2)23-14(19)6-5-11-8-12(17)15(20)13(9-11)22-3/h5-6,8-10,20H,4,7H2,1-3H3,(H,18,21)/b6-5+/t10-/m1/s1. The number of hydrogen-bond acceptors (Lipinski definition) is 5. The number of esters is 1. The van der Waals surface area contributed by atoms with Gasteiger partial charge in [-0.25, -0.2) is 4.79 Å². The van der Waals surface area contributed by atoms with E-state index in [4.69, 9.17) is 9.47 Å². The molecule has 1 aromatic rings. The molecule has 6 nitrogen and oxygen atoms in total. The third-order valence-electron chi connectivity index (χ3n) is 2.89. The number of carbonyl (C=O) groups is 2. The van der Waals surface area contributed by atoms with E-state index in [2.05, 4.69) is 21.2 Å². The van der Waals surface area contributed by atoms with Gasteiger partial charge in [0.25, 0.3) is 5.91 Å². The zero-order chi connectivity index (χ0) is 17.4. The molecule has 7 heteroatoms. The summed E-state index contributed by atoms with van der Waals surface area (Å²) in [6.07, 6.45) is 2.66. The first-order valence-electron chi connectivity index (χ1n) is 7.12. The van der Waals surface area contributed by atoms with Crippen LogP contribution >= 0.6 is 15.9 Å². The Balaban J connectivity index is 2.68. The molecular weight excluding hydrogens is 366 g/mol. The number of nitrogens with one attached hydrogen (secondary N) is 1. The molecule has 0 aliphatic carbocycles. The van der Waals surface area contributed by atoms with Gasteiger partial charge in [-0.15, -0.1) is 0 Å². The maximum atomic E-state index is 11.7. The molecule has 126 valence electrons. The second-order valence-electron chi connectivity index (χ2n) is 4.76. The summed E-state index contributed by atoms with van der Waals surface area (Å²) in [4.78, 5) is 23.3. The molecular formula is C16H20BrNO5. The summed E-state index contributed by atoms with van der Waals surface area (Å²) < 4.78 is 10.5. The minimum atomic E-state index is -0.861. The molecule has 0 aliphatic heterocycles. The number of halogens is 1. The summed E-state index contributed by atoms with van der Waals surface area (Å²) in [5, 5.41) is 12.4. The van der Waals surface area contributed by atoms with E-state index in [0.717, 1.165) is 6.42 Å². The zero-order valence-corrected chi connectivity index (χ0v) is 14.8. The molecule has 0 bridgehead atoms. The maximum Gasteiger partial charge on any atom is 0.331 e. The van der Waals surface area contributed by atoms with E-state index in [9.17, 15) is 14.7 Å². The summed E-state index contributed by atoms with van der Waals surface area (Å²) in [5.74, 6) is -0.705. The fourth-order valence-corrected chi connectivity index (χ4v) is 2.13. The Morgan fingerprint density at radius 3 is 2.74 bits per heavy atom. The molecule has 0 saturated heterocycles. The lowest BCUT2D eigenvalue weighted by Gasteiger charge is -2.11. The molecule has 0 aliphatic rings. The highest BCUT2D eigenvalue weighted by molar-refractivity contribution is 9.10. The molecule has 1 rings (SSSR count). The molecule has 0 saturated carbocycles. The molecule has 1 amide bonds. The van der Waals surface area contributed by atoms with Crippen LogP contribution in [0.3, 0.4) is 0 Å². The van der Waals surface area contributed by atoms with Gasteiger partial charge in [-0.05, 0) is 53.0 Å². The minimum Gasteiger partial charge on any atom is -0.503 e.